The maximum atomic E-state index is 12.3. The molecule has 0 unspecified atom stereocenters. The van der Waals surface area contributed by atoms with Crippen LogP contribution in [0.4, 0.5) is 0 Å². The van der Waals surface area contributed by atoms with Gasteiger partial charge in [-0.15, -0.1) is 0 Å². The summed E-state index contributed by atoms with van der Waals surface area (Å²) in [6.07, 6.45) is 2.19. The van der Waals surface area contributed by atoms with Gasteiger partial charge in [0.15, 0.2) is 0 Å². The van der Waals surface area contributed by atoms with E-state index in [0.717, 1.165) is 6.08 Å². The molecule has 1 aliphatic rings. The van der Waals surface area contributed by atoms with Gasteiger partial charge in [-0.2, -0.15) is 0 Å². The zero-order valence-corrected chi connectivity index (χ0v) is 18.0. The molecule has 0 aromatic heterocycles. The minimum Gasteiger partial charge on any atom is -0.481 e. The van der Waals surface area contributed by atoms with Gasteiger partial charge in [0.25, 0.3) is 0 Å². The Labute approximate surface area is 190 Å². The fourth-order valence-electron chi connectivity index (χ4n) is 3.12. The molecule has 33 heavy (non-hydrogen) atoms. The monoisotopic (exact) mass is 462 g/mol. The van der Waals surface area contributed by atoms with E-state index in [1.165, 1.54) is 24.3 Å². The van der Waals surface area contributed by atoms with Crippen molar-refractivity contribution in [2.75, 3.05) is 13.2 Å². The summed E-state index contributed by atoms with van der Waals surface area (Å²) in [4.78, 5) is 57.6. The van der Waals surface area contributed by atoms with E-state index in [-0.39, 0.29) is 43.5 Å². The Morgan fingerprint density at radius 1 is 0.909 bits per heavy atom. The van der Waals surface area contributed by atoms with Gasteiger partial charge in [-0.25, -0.2) is 9.59 Å². The van der Waals surface area contributed by atoms with Crippen LogP contribution in [-0.4, -0.2) is 54.3 Å². The molecule has 0 amide bonds. The molecule has 1 aliphatic carbocycles. The number of benzene rings is 1. The molecule has 1 aromatic rings. The number of hydrogen-bond donors (Lipinski definition) is 1. The van der Waals surface area contributed by atoms with E-state index in [9.17, 15) is 24.0 Å². The lowest BCUT2D eigenvalue weighted by Gasteiger charge is -2.25. The molecule has 10 nitrogen and oxygen atoms in total. The molecule has 10 heteroatoms. The summed E-state index contributed by atoms with van der Waals surface area (Å²) in [5, 5.41) is 9.02. The zero-order chi connectivity index (χ0) is 24.2. The smallest absolute Gasteiger partial charge is 0.338 e. The van der Waals surface area contributed by atoms with Gasteiger partial charge in [-0.3, -0.25) is 14.4 Å². The second-order valence-electron chi connectivity index (χ2n) is 7.31. The lowest BCUT2D eigenvalue weighted by molar-refractivity contribution is -0.151. The van der Waals surface area contributed by atoms with Crippen LogP contribution in [0.5, 0.6) is 5.75 Å². The van der Waals surface area contributed by atoms with Crippen molar-refractivity contribution in [3.63, 3.8) is 0 Å². The highest BCUT2D eigenvalue weighted by molar-refractivity contribution is 5.89. The van der Waals surface area contributed by atoms with Gasteiger partial charge in [0.2, 0.25) is 0 Å². The third kappa shape index (κ3) is 9.14. The summed E-state index contributed by atoms with van der Waals surface area (Å²) in [5.41, 5.74) is 0.274. The van der Waals surface area contributed by atoms with Crippen LogP contribution in [0.15, 0.2) is 36.9 Å². The van der Waals surface area contributed by atoms with Gasteiger partial charge in [-0.1, -0.05) is 6.58 Å². The summed E-state index contributed by atoms with van der Waals surface area (Å²) >= 11 is 0. The van der Waals surface area contributed by atoms with Gasteiger partial charge < -0.3 is 24.1 Å². The number of ether oxygens (including phenoxy) is 4. The number of rotatable bonds is 11. The largest absolute Gasteiger partial charge is 0.481 e. The summed E-state index contributed by atoms with van der Waals surface area (Å²) in [6, 6.07) is 5.77. The van der Waals surface area contributed by atoms with Crippen molar-refractivity contribution in [2.24, 2.45) is 5.92 Å². The highest BCUT2D eigenvalue weighted by atomic mass is 16.6. The molecule has 0 radical (unpaired) electrons. The van der Waals surface area contributed by atoms with E-state index in [1.54, 1.807) is 0 Å². The number of carboxylic acid groups (broad SMARTS) is 1. The highest BCUT2D eigenvalue weighted by Crippen LogP contribution is 2.27. The van der Waals surface area contributed by atoms with E-state index in [4.69, 9.17) is 19.3 Å². The topological polar surface area (TPSA) is 142 Å². The number of hydrogen-bond acceptors (Lipinski definition) is 9. The first-order chi connectivity index (χ1) is 15.8. The van der Waals surface area contributed by atoms with E-state index in [2.05, 4.69) is 11.3 Å². The molecule has 0 aliphatic heterocycles. The zero-order valence-electron chi connectivity index (χ0n) is 18.0. The van der Waals surface area contributed by atoms with Crippen molar-refractivity contribution in [2.45, 2.75) is 44.6 Å². The van der Waals surface area contributed by atoms with Gasteiger partial charge in [0, 0.05) is 6.08 Å². The first-order valence-corrected chi connectivity index (χ1v) is 10.5. The van der Waals surface area contributed by atoms with Crippen LogP contribution >= 0.6 is 0 Å². The maximum absolute atomic E-state index is 12.3. The van der Waals surface area contributed by atoms with E-state index in [0.29, 0.717) is 25.7 Å². The van der Waals surface area contributed by atoms with Gasteiger partial charge >= 0.3 is 29.8 Å². The predicted molar refractivity (Wildman–Crippen MR) is 112 cm³/mol. The van der Waals surface area contributed by atoms with Crippen molar-refractivity contribution in [1.82, 2.24) is 0 Å². The SMILES string of the molecule is C=CC(=O)OCCOC(=O)CCC(=O)Oc1ccc(C(=O)OC2CCC(C(=O)O)CC2)cc1. The molecule has 0 bridgehead atoms. The predicted octanol–water partition coefficient (Wildman–Crippen LogP) is 2.44. The first-order valence-electron chi connectivity index (χ1n) is 10.5. The number of carbonyl (C=O) groups is 5. The highest BCUT2D eigenvalue weighted by Gasteiger charge is 2.28. The maximum Gasteiger partial charge on any atom is 0.338 e. The van der Waals surface area contributed by atoms with Crippen molar-refractivity contribution < 1.29 is 48.0 Å². The van der Waals surface area contributed by atoms with Crippen molar-refractivity contribution in [1.29, 1.82) is 0 Å². The van der Waals surface area contributed by atoms with Crippen LogP contribution < -0.4 is 4.74 Å². The van der Waals surface area contributed by atoms with Crippen LogP contribution in [0.2, 0.25) is 0 Å². The molecule has 178 valence electrons. The van der Waals surface area contributed by atoms with Crippen LogP contribution in [0.25, 0.3) is 0 Å². The molecule has 1 saturated carbocycles. The standard InChI is InChI=1S/C23H26O10/c1-2-19(24)30-13-14-31-20(25)11-12-21(26)32-17-9-5-16(6-10-17)23(29)33-18-7-3-15(4-8-18)22(27)28/h2,5-6,9-10,15,18H,1,3-4,7-8,11-14H2,(H,27,28). The van der Waals surface area contributed by atoms with Crippen molar-refractivity contribution in [3.8, 4) is 5.75 Å². The van der Waals surface area contributed by atoms with Crippen LogP contribution in [0, 0.1) is 5.92 Å². The number of carbonyl (C=O) groups excluding carboxylic acids is 4. The van der Waals surface area contributed by atoms with Crippen molar-refractivity contribution >= 4 is 29.8 Å². The van der Waals surface area contributed by atoms with Crippen LogP contribution in [-0.2, 0) is 33.4 Å². The second kappa shape index (κ2) is 13.0. The second-order valence-corrected chi connectivity index (χ2v) is 7.31. The Balaban J connectivity index is 1.68. The third-order valence-electron chi connectivity index (χ3n) is 4.91. The quantitative estimate of drug-likeness (QED) is 0.171. The Morgan fingerprint density at radius 3 is 2.12 bits per heavy atom. The Hall–Kier alpha value is -3.69. The normalized spacial score (nSPS) is 17.3. The van der Waals surface area contributed by atoms with Crippen LogP contribution in [0.1, 0.15) is 48.9 Å². The van der Waals surface area contributed by atoms with Gasteiger partial charge in [-0.05, 0) is 49.9 Å². The Morgan fingerprint density at radius 2 is 1.52 bits per heavy atom. The first kappa shape index (κ1) is 25.6. The minimum absolute atomic E-state index is 0.112. The molecule has 0 atom stereocenters. The summed E-state index contributed by atoms with van der Waals surface area (Å²) < 4.78 is 20.0. The lowest BCUT2D eigenvalue weighted by Crippen LogP contribution is -2.27. The molecule has 0 spiro atoms. The van der Waals surface area contributed by atoms with Crippen molar-refractivity contribution in [3.05, 3.63) is 42.5 Å². The number of aliphatic carboxylic acids is 1. The van der Waals surface area contributed by atoms with Gasteiger partial charge in [0.05, 0.1) is 24.3 Å². The fourth-order valence-corrected chi connectivity index (χ4v) is 3.12. The van der Waals surface area contributed by atoms with Crippen LogP contribution in [0.3, 0.4) is 0 Å². The molecular weight excluding hydrogens is 436 g/mol. The third-order valence-corrected chi connectivity index (χ3v) is 4.91. The number of esters is 4. The Kier molecular flexibility index (Phi) is 10.1. The molecule has 2 rings (SSSR count). The average Bonchev–Trinajstić information content (AvgIpc) is 2.81. The van der Waals surface area contributed by atoms with E-state index < -0.39 is 35.8 Å². The molecule has 0 heterocycles. The molecule has 0 saturated heterocycles. The van der Waals surface area contributed by atoms with E-state index in [1.807, 2.05) is 0 Å². The summed E-state index contributed by atoms with van der Waals surface area (Å²) in [6.45, 7) is 2.98. The number of carboxylic acids is 1. The Bertz CT molecular complexity index is 866. The molecular formula is C23H26O10. The molecule has 1 aromatic carbocycles. The summed E-state index contributed by atoms with van der Waals surface area (Å²) in [7, 11) is 0. The average molecular weight is 462 g/mol. The molecule has 1 N–H and O–H groups in total. The fraction of sp³-hybridized carbons (Fsp3) is 0.435. The van der Waals surface area contributed by atoms with Gasteiger partial charge in [0.1, 0.15) is 25.1 Å². The molecule has 1 fully saturated rings. The summed E-state index contributed by atoms with van der Waals surface area (Å²) in [5.74, 6) is -3.48. The lowest BCUT2D eigenvalue weighted by atomic mass is 9.87. The minimum atomic E-state index is -0.826. The van der Waals surface area contributed by atoms with E-state index >= 15 is 0 Å².